The second-order valence-electron chi connectivity index (χ2n) is 8.56. The van der Waals surface area contributed by atoms with E-state index in [0.29, 0.717) is 25.4 Å². The molecule has 2 N–H and O–H groups in total. The highest BCUT2D eigenvalue weighted by Crippen LogP contribution is 2.37. The van der Waals surface area contributed by atoms with E-state index >= 15 is 0 Å². The second-order valence-corrected chi connectivity index (χ2v) is 9.62. The summed E-state index contributed by atoms with van der Waals surface area (Å²) < 4.78 is 21.6. The quantitative estimate of drug-likeness (QED) is 0.212. The number of ether oxygens (including phenoxy) is 3. The van der Waals surface area contributed by atoms with Gasteiger partial charge in [-0.2, -0.15) is 0 Å². The predicted molar refractivity (Wildman–Crippen MR) is 130 cm³/mol. The van der Waals surface area contributed by atoms with Crippen molar-refractivity contribution in [1.82, 2.24) is 0 Å². The lowest BCUT2D eigenvalue weighted by Crippen LogP contribution is -2.27. The van der Waals surface area contributed by atoms with E-state index in [9.17, 15) is 14.7 Å². The lowest BCUT2D eigenvalue weighted by molar-refractivity contribution is -0.109. The monoisotopic (exact) mass is 506 g/mol. The molecule has 0 bridgehead atoms. The maximum Gasteiger partial charge on any atom is 0.374 e. The van der Waals surface area contributed by atoms with E-state index < -0.39 is 12.1 Å². The molecule has 0 aliphatic heterocycles. The summed E-state index contributed by atoms with van der Waals surface area (Å²) in [6.07, 6.45) is 3.59. The van der Waals surface area contributed by atoms with E-state index in [1.807, 2.05) is 12.1 Å². The lowest BCUT2D eigenvalue weighted by Gasteiger charge is -2.27. The third-order valence-electron chi connectivity index (χ3n) is 6.10. The van der Waals surface area contributed by atoms with E-state index in [4.69, 9.17) is 23.7 Å². The van der Waals surface area contributed by atoms with Crippen LogP contribution in [0.25, 0.3) is 0 Å². The van der Waals surface area contributed by atoms with Crippen molar-refractivity contribution in [2.45, 2.75) is 43.3 Å². The number of aliphatic hydroxyl groups is 2. The van der Waals surface area contributed by atoms with Gasteiger partial charge in [-0.05, 0) is 60.4 Å². The summed E-state index contributed by atoms with van der Waals surface area (Å²) in [5, 5.41) is 19.1. The molecule has 3 rings (SSSR count). The average Bonchev–Trinajstić information content (AvgIpc) is 3.34. The zero-order valence-corrected chi connectivity index (χ0v) is 20.8. The summed E-state index contributed by atoms with van der Waals surface area (Å²) in [5.74, 6) is 0.666. The minimum Gasteiger partial charge on any atom is -0.457 e. The molecule has 1 heterocycles. The molecule has 1 aliphatic carbocycles. The summed E-state index contributed by atoms with van der Waals surface area (Å²) in [7, 11) is 1.65. The zero-order valence-electron chi connectivity index (χ0n) is 20.0. The van der Waals surface area contributed by atoms with Crippen molar-refractivity contribution in [1.29, 1.82) is 0 Å². The SMILES string of the molecule is COC[C@H](CSc1cccc2c1CCCC2O)[C@H](CC=O)COCc1ccc(C(=O)OCCO)o1. The minimum atomic E-state index is -0.642. The molecule has 0 spiro atoms. The molecule has 1 aromatic heterocycles. The minimum absolute atomic E-state index is 0.0472. The van der Waals surface area contributed by atoms with Crippen LogP contribution >= 0.6 is 11.8 Å². The Balaban J connectivity index is 1.58. The number of carbonyl (C=O) groups excluding carboxylic acids is 2. The maximum atomic E-state index is 11.8. The van der Waals surface area contributed by atoms with Gasteiger partial charge in [-0.1, -0.05) is 12.1 Å². The summed E-state index contributed by atoms with van der Waals surface area (Å²) in [6, 6.07) is 9.23. The molecule has 1 aromatic carbocycles. The molecule has 0 radical (unpaired) electrons. The predicted octanol–water partition coefficient (Wildman–Crippen LogP) is 3.58. The topological polar surface area (TPSA) is 115 Å². The maximum absolute atomic E-state index is 11.8. The Kier molecular flexibility index (Phi) is 11.3. The van der Waals surface area contributed by atoms with Crippen LogP contribution in [0, 0.1) is 11.8 Å². The van der Waals surface area contributed by atoms with Crippen LogP contribution in [0.15, 0.2) is 39.6 Å². The second kappa shape index (κ2) is 14.4. The van der Waals surface area contributed by atoms with Crippen LogP contribution in [-0.4, -0.2) is 61.8 Å². The molecule has 0 amide bonds. The largest absolute Gasteiger partial charge is 0.457 e. The summed E-state index contributed by atoms with van der Waals surface area (Å²) >= 11 is 1.73. The number of thioether (sulfide) groups is 1. The van der Waals surface area contributed by atoms with Crippen LogP contribution in [0.3, 0.4) is 0 Å². The molecular weight excluding hydrogens is 472 g/mol. The number of methoxy groups -OCH3 is 1. The molecule has 0 fully saturated rings. The zero-order chi connectivity index (χ0) is 25.0. The standard InChI is InChI=1S/C26H34O8S/c1-31-14-19(17-35-25-7-3-4-21-22(25)5-2-6-23(21)29)18(10-11-27)15-32-16-20-8-9-24(34-20)26(30)33-13-12-28/h3-4,7-9,11,18-19,23,28-29H,2,5-6,10,12-17H2,1H3/t18-,19-,23?/m1/s1. The van der Waals surface area contributed by atoms with Gasteiger partial charge in [0.1, 0.15) is 25.3 Å². The molecule has 2 aromatic rings. The fraction of sp³-hybridized carbons (Fsp3) is 0.538. The Morgan fingerprint density at radius 1 is 1.26 bits per heavy atom. The van der Waals surface area contributed by atoms with Gasteiger partial charge < -0.3 is 33.6 Å². The van der Waals surface area contributed by atoms with Crippen molar-refractivity contribution in [3.63, 3.8) is 0 Å². The van der Waals surface area contributed by atoms with E-state index in [-0.39, 0.29) is 37.4 Å². The van der Waals surface area contributed by atoms with Crippen LogP contribution in [0.5, 0.6) is 0 Å². The van der Waals surface area contributed by atoms with Crippen molar-refractivity contribution in [3.05, 3.63) is 53.0 Å². The fourth-order valence-electron chi connectivity index (χ4n) is 4.26. The number of esters is 1. The van der Waals surface area contributed by atoms with Crippen molar-refractivity contribution in [2.75, 3.05) is 39.3 Å². The number of hydrogen-bond acceptors (Lipinski definition) is 9. The Morgan fingerprint density at radius 3 is 2.89 bits per heavy atom. The molecule has 1 aliphatic rings. The number of benzene rings is 1. The first-order valence-electron chi connectivity index (χ1n) is 11.9. The molecule has 0 saturated heterocycles. The summed E-state index contributed by atoms with van der Waals surface area (Å²) in [4.78, 5) is 24.4. The molecular formula is C26H34O8S. The Morgan fingerprint density at radius 2 is 2.11 bits per heavy atom. The van der Waals surface area contributed by atoms with E-state index in [1.165, 1.54) is 16.5 Å². The highest BCUT2D eigenvalue weighted by Gasteiger charge is 2.25. The first-order chi connectivity index (χ1) is 17.1. The van der Waals surface area contributed by atoms with Crippen molar-refractivity contribution in [2.24, 2.45) is 11.8 Å². The third-order valence-corrected chi connectivity index (χ3v) is 7.38. The van der Waals surface area contributed by atoms with Crippen molar-refractivity contribution < 1.29 is 38.4 Å². The average molecular weight is 507 g/mol. The van der Waals surface area contributed by atoms with Gasteiger partial charge in [0.05, 0.1) is 25.9 Å². The first kappa shape index (κ1) is 27.4. The van der Waals surface area contributed by atoms with Crippen LogP contribution in [-0.2, 0) is 32.0 Å². The molecule has 35 heavy (non-hydrogen) atoms. The highest BCUT2D eigenvalue weighted by molar-refractivity contribution is 7.99. The molecule has 192 valence electrons. The van der Waals surface area contributed by atoms with Gasteiger partial charge in [-0.15, -0.1) is 11.8 Å². The van der Waals surface area contributed by atoms with Crippen LogP contribution < -0.4 is 0 Å². The van der Waals surface area contributed by atoms with E-state index in [2.05, 4.69) is 6.07 Å². The van der Waals surface area contributed by atoms with E-state index in [0.717, 1.165) is 36.9 Å². The molecule has 1 unspecified atom stereocenters. The number of furan rings is 1. The number of aldehydes is 1. The van der Waals surface area contributed by atoms with Crippen molar-refractivity contribution >= 4 is 24.0 Å². The van der Waals surface area contributed by atoms with Crippen LogP contribution in [0.4, 0.5) is 0 Å². The first-order valence-corrected chi connectivity index (χ1v) is 12.9. The number of fused-ring (bicyclic) bond motifs is 1. The molecule has 0 saturated carbocycles. The molecule has 8 nitrogen and oxygen atoms in total. The van der Waals surface area contributed by atoms with Gasteiger partial charge >= 0.3 is 5.97 Å². The Hall–Kier alpha value is -2.17. The number of hydrogen-bond donors (Lipinski definition) is 2. The summed E-state index contributed by atoms with van der Waals surface area (Å²) in [5.41, 5.74) is 2.25. The van der Waals surface area contributed by atoms with Crippen molar-refractivity contribution in [3.8, 4) is 0 Å². The van der Waals surface area contributed by atoms with Gasteiger partial charge in [0, 0.05) is 24.2 Å². The highest BCUT2D eigenvalue weighted by atomic mass is 32.2. The van der Waals surface area contributed by atoms with Crippen LogP contribution in [0.1, 0.15) is 52.8 Å². The van der Waals surface area contributed by atoms with Gasteiger partial charge in [-0.3, -0.25) is 0 Å². The van der Waals surface area contributed by atoms with Gasteiger partial charge in [-0.25, -0.2) is 4.79 Å². The fourth-order valence-corrected chi connectivity index (χ4v) is 5.59. The third kappa shape index (κ3) is 7.91. The Labute approximate surface area is 209 Å². The van der Waals surface area contributed by atoms with E-state index in [1.54, 1.807) is 24.9 Å². The number of rotatable bonds is 15. The van der Waals surface area contributed by atoms with Crippen LogP contribution in [0.2, 0.25) is 0 Å². The van der Waals surface area contributed by atoms with Gasteiger partial charge in [0.25, 0.3) is 0 Å². The molecule has 9 heteroatoms. The number of carbonyl (C=O) groups is 2. The molecule has 3 atom stereocenters. The lowest BCUT2D eigenvalue weighted by atomic mass is 9.89. The van der Waals surface area contributed by atoms with Gasteiger partial charge in [0.15, 0.2) is 0 Å². The normalized spacial score (nSPS) is 16.9. The Bertz CT molecular complexity index is 943. The van der Waals surface area contributed by atoms with Gasteiger partial charge in [0.2, 0.25) is 5.76 Å². The number of aliphatic hydroxyl groups excluding tert-OH is 2. The summed E-state index contributed by atoms with van der Waals surface area (Å²) in [6.45, 7) is 0.637. The smallest absolute Gasteiger partial charge is 0.374 e.